The summed E-state index contributed by atoms with van der Waals surface area (Å²) in [6, 6.07) is 5.44. The Balaban J connectivity index is 2.12. The van der Waals surface area contributed by atoms with Gasteiger partial charge in [-0.2, -0.15) is 13.2 Å². The van der Waals surface area contributed by atoms with Gasteiger partial charge in [0.25, 0.3) is 0 Å². The number of pyridine rings is 1. The van der Waals surface area contributed by atoms with E-state index in [4.69, 9.17) is 5.73 Å². The first-order valence-electron chi connectivity index (χ1n) is 8.01. The number of nitrogens with one attached hydrogen (secondary N) is 1. The number of hydrogen-bond acceptors (Lipinski definition) is 3. The molecule has 1 unspecified atom stereocenters. The number of halogens is 3. The third-order valence-corrected chi connectivity index (χ3v) is 4.13. The number of fused-ring (bicyclic) bond motifs is 1. The largest absolute Gasteiger partial charge is 0.416 e. The van der Waals surface area contributed by atoms with E-state index in [0.717, 1.165) is 6.07 Å². The Labute approximate surface area is 152 Å². The van der Waals surface area contributed by atoms with Crippen molar-refractivity contribution in [3.8, 4) is 11.1 Å². The van der Waals surface area contributed by atoms with Crippen LogP contribution in [0.1, 0.15) is 29.7 Å². The van der Waals surface area contributed by atoms with Gasteiger partial charge in [0.15, 0.2) is 0 Å². The van der Waals surface area contributed by atoms with Crippen LogP contribution in [0.3, 0.4) is 0 Å². The van der Waals surface area contributed by atoms with E-state index in [-0.39, 0.29) is 5.56 Å². The van der Waals surface area contributed by atoms with E-state index in [2.05, 4.69) is 9.97 Å². The molecule has 140 valence electrons. The number of benzene rings is 1. The smallest absolute Gasteiger partial charge is 0.389 e. The lowest BCUT2D eigenvalue weighted by Crippen LogP contribution is -2.11. The Hall–Kier alpha value is -3.13. The van der Waals surface area contributed by atoms with Crippen LogP contribution in [0.25, 0.3) is 28.2 Å². The number of rotatable bonds is 4. The molecule has 4 N–H and O–H groups in total. The summed E-state index contributed by atoms with van der Waals surface area (Å²) in [6.45, 7) is 1.29. The first-order valence-corrected chi connectivity index (χ1v) is 8.01. The topological polar surface area (TPSA) is 92.0 Å². The molecular weight excluding hydrogens is 359 g/mol. The first kappa shape index (κ1) is 18.7. The maximum atomic E-state index is 13.4. The molecule has 0 aliphatic heterocycles. The molecule has 0 aliphatic rings. The Kier molecular flexibility index (Phi) is 4.75. The van der Waals surface area contributed by atoms with Crippen LogP contribution in [-0.4, -0.2) is 21.0 Å². The number of carbonyl (C=O) groups is 1. The number of carbonyl (C=O) groups excluding carboxylic acids is 1. The fourth-order valence-electron chi connectivity index (χ4n) is 2.84. The molecule has 3 rings (SSSR count). The highest BCUT2D eigenvalue weighted by Crippen LogP contribution is 2.37. The highest BCUT2D eigenvalue weighted by molar-refractivity contribution is 5.95. The number of alkyl halides is 3. The van der Waals surface area contributed by atoms with Crippen LogP contribution >= 0.6 is 0 Å². The number of nitrogens with zero attached hydrogens (tertiary/aromatic N) is 1. The van der Waals surface area contributed by atoms with Crippen LogP contribution in [0.2, 0.25) is 0 Å². The number of nitrogens with two attached hydrogens (primary N) is 1. The summed E-state index contributed by atoms with van der Waals surface area (Å²) in [7, 11) is 0. The molecule has 0 saturated heterocycles. The van der Waals surface area contributed by atoms with E-state index < -0.39 is 23.8 Å². The molecule has 2 aromatic heterocycles. The number of aromatic amines is 1. The second-order valence-corrected chi connectivity index (χ2v) is 6.08. The van der Waals surface area contributed by atoms with Crippen LogP contribution in [0.4, 0.5) is 13.2 Å². The maximum absolute atomic E-state index is 13.4. The average Bonchev–Trinajstić information content (AvgIpc) is 3.00. The van der Waals surface area contributed by atoms with Crippen LogP contribution in [0.5, 0.6) is 0 Å². The van der Waals surface area contributed by atoms with Crippen molar-refractivity contribution in [1.29, 1.82) is 0 Å². The molecule has 0 bridgehead atoms. The van der Waals surface area contributed by atoms with Gasteiger partial charge in [-0.25, -0.2) is 4.98 Å². The number of amides is 1. The number of aliphatic hydroxyl groups excluding tert-OH is 1. The van der Waals surface area contributed by atoms with Gasteiger partial charge >= 0.3 is 6.18 Å². The number of H-pyrrole nitrogens is 1. The second kappa shape index (κ2) is 6.88. The lowest BCUT2D eigenvalue weighted by atomic mass is 9.96. The van der Waals surface area contributed by atoms with Crippen molar-refractivity contribution in [2.45, 2.75) is 19.2 Å². The van der Waals surface area contributed by atoms with Gasteiger partial charge in [-0.3, -0.25) is 4.79 Å². The van der Waals surface area contributed by atoms with Crippen molar-refractivity contribution in [2.75, 3.05) is 0 Å². The highest BCUT2D eigenvalue weighted by atomic mass is 19.4. The molecule has 3 aromatic rings. The summed E-state index contributed by atoms with van der Waals surface area (Å²) in [5.41, 5.74) is 5.96. The number of hydrogen-bond donors (Lipinski definition) is 3. The van der Waals surface area contributed by atoms with E-state index in [1.165, 1.54) is 37.4 Å². The Morgan fingerprint density at radius 2 is 2.04 bits per heavy atom. The quantitative estimate of drug-likeness (QED) is 0.606. The normalized spacial score (nSPS) is 13.4. The van der Waals surface area contributed by atoms with Gasteiger partial charge in [0, 0.05) is 35.0 Å². The summed E-state index contributed by atoms with van der Waals surface area (Å²) >= 11 is 0. The Morgan fingerprint density at radius 1 is 1.30 bits per heavy atom. The summed E-state index contributed by atoms with van der Waals surface area (Å²) in [5.74, 6) is -0.614. The lowest BCUT2D eigenvalue weighted by Gasteiger charge is -2.16. The molecule has 0 radical (unpaired) electrons. The molecule has 5 nitrogen and oxygen atoms in total. The molecule has 2 heterocycles. The molecule has 1 atom stereocenters. The van der Waals surface area contributed by atoms with Gasteiger partial charge in [-0.1, -0.05) is 12.1 Å². The fourth-order valence-corrected chi connectivity index (χ4v) is 2.84. The molecule has 0 saturated carbocycles. The molecule has 0 spiro atoms. The Bertz CT molecular complexity index is 1040. The molecule has 1 aromatic carbocycles. The fraction of sp³-hybridized carbons (Fsp3) is 0.158. The van der Waals surface area contributed by atoms with Crippen LogP contribution in [0, 0.1) is 0 Å². The van der Waals surface area contributed by atoms with Gasteiger partial charge in [0.05, 0.1) is 11.7 Å². The molecule has 27 heavy (non-hydrogen) atoms. The molecular formula is C19H16F3N3O2. The third kappa shape index (κ3) is 3.85. The minimum absolute atomic E-state index is 0.188. The predicted molar refractivity (Wildman–Crippen MR) is 95.4 cm³/mol. The van der Waals surface area contributed by atoms with Crippen molar-refractivity contribution in [1.82, 2.24) is 9.97 Å². The third-order valence-electron chi connectivity index (χ3n) is 4.13. The summed E-state index contributed by atoms with van der Waals surface area (Å²) in [5, 5.41) is 10.3. The van der Waals surface area contributed by atoms with Crippen LogP contribution in [0.15, 0.2) is 42.7 Å². The molecule has 0 aliphatic carbocycles. The average molecular weight is 375 g/mol. The zero-order chi connectivity index (χ0) is 19.8. The van der Waals surface area contributed by atoms with Crippen molar-refractivity contribution in [2.24, 2.45) is 5.73 Å². The number of aromatic nitrogens is 2. The number of aliphatic hydroxyl groups is 1. The van der Waals surface area contributed by atoms with Crippen molar-refractivity contribution in [3.05, 3.63) is 59.4 Å². The minimum Gasteiger partial charge on any atom is -0.389 e. The van der Waals surface area contributed by atoms with E-state index in [1.807, 2.05) is 0 Å². The standard InChI is InChI=1S/C19H16F3N3O2/c1-10(26)14-4-2-11(7-16(14)19(20,21)22)13-6-15-12(3-5-17(23)27)8-24-18(15)25-9-13/h2-10,26H,1H3,(H2,23,27)(H,24,25). The van der Waals surface area contributed by atoms with E-state index in [1.54, 1.807) is 12.3 Å². The van der Waals surface area contributed by atoms with E-state index >= 15 is 0 Å². The van der Waals surface area contributed by atoms with Crippen molar-refractivity contribution < 1.29 is 23.1 Å². The monoisotopic (exact) mass is 375 g/mol. The molecule has 0 fully saturated rings. The first-order chi connectivity index (χ1) is 12.7. The van der Waals surface area contributed by atoms with Gasteiger partial charge in [-0.15, -0.1) is 0 Å². The van der Waals surface area contributed by atoms with Crippen molar-refractivity contribution in [3.63, 3.8) is 0 Å². The minimum atomic E-state index is -4.59. The van der Waals surface area contributed by atoms with Crippen LogP contribution in [-0.2, 0) is 11.0 Å². The van der Waals surface area contributed by atoms with Gasteiger partial charge in [-0.05, 0) is 36.3 Å². The highest BCUT2D eigenvalue weighted by Gasteiger charge is 2.34. The van der Waals surface area contributed by atoms with E-state index in [9.17, 15) is 23.1 Å². The number of primary amides is 1. The van der Waals surface area contributed by atoms with Gasteiger partial charge in [0.1, 0.15) is 5.65 Å². The summed E-state index contributed by atoms with van der Waals surface area (Å²) in [6.07, 6.45) is -0.0648. The lowest BCUT2D eigenvalue weighted by molar-refractivity contribution is -0.139. The van der Waals surface area contributed by atoms with Gasteiger partial charge < -0.3 is 15.8 Å². The zero-order valence-electron chi connectivity index (χ0n) is 14.2. The van der Waals surface area contributed by atoms with Crippen molar-refractivity contribution >= 4 is 23.0 Å². The predicted octanol–water partition coefficient (Wildman–Crippen LogP) is 3.80. The van der Waals surface area contributed by atoms with Crippen LogP contribution < -0.4 is 5.73 Å². The zero-order valence-corrected chi connectivity index (χ0v) is 14.2. The molecule has 8 heteroatoms. The SMILES string of the molecule is CC(O)c1ccc(-c2cnc3[nH]cc(C=CC(N)=O)c3c2)cc1C(F)(F)F. The van der Waals surface area contributed by atoms with Gasteiger partial charge in [0.2, 0.25) is 5.91 Å². The maximum Gasteiger partial charge on any atom is 0.416 e. The Morgan fingerprint density at radius 3 is 2.67 bits per heavy atom. The summed E-state index contributed by atoms with van der Waals surface area (Å²) < 4.78 is 40.1. The second-order valence-electron chi connectivity index (χ2n) is 6.08. The molecule has 1 amide bonds. The summed E-state index contributed by atoms with van der Waals surface area (Å²) in [4.78, 5) is 18.1. The van der Waals surface area contributed by atoms with E-state index in [0.29, 0.717) is 27.7 Å².